The third kappa shape index (κ3) is 4.77. The van der Waals surface area contributed by atoms with E-state index in [1.807, 2.05) is 6.92 Å². The van der Waals surface area contributed by atoms with Crippen LogP contribution in [0.1, 0.15) is 40.5 Å². The molecule has 0 aromatic heterocycles. The Bertz CT molecular complexity index is 156. The maximum Gasteiger partial charge on any atom is 0.155 e. The average molecular weight is 154 g/mol. The van der Waals surface area contributed by atoms with Crippen LogP contribution >= 0.6 is 0 Å². The van der Waals surface area contributed by atoms with Crippen LogP contribution in [0.2, 0.25) is 0 Å². The Kier molecular flexibility index (Phi) is 4.84. The highest BCUT2D eigenvalue weighted by Crippen LogP contribution is 2.09. The summed E-state index contributed by atoms with van der Waals surface area (Å²) in [5.41, 5.74) is 0.894. The SMILES string of the molecule is CCCC(C)/C=C(/C)C(C)=O. The summed E-state index contributed by atoms with van der Waals surface area (Å²) < 4.78 is 0. The molecule has 0 radical (unpaired) electrons. The monoisotopic (exact) mass is 154 g/mol. The molecule has 0 fully saturated rings. The van der Waals surface area contributed by atoms with Crippen molar-refractivity contribution < 1.29 is 4.79 Å². The summed E-state index contributed by atoms with van der Waals surface area (Å²) in [5.74, 6) is 0.733. The second kappa shape index (κ2) is 5.11. The summed E-state index contributed by atoms with van der Waals surface area (Å²) in [6, 6.07) is 0. The normalized spacial score (nSPS) is 14.7. The van der Waals surface area contributed by atoms with Crippen LogP contribution < -0.4 is 0 Å². The molecule has 11 heavy (non-hydrogen) atoms. The van der Waals surface area contributed by atoms with Crippen molar-refractivity contribution in [1.82, 2.24) is 0 Å². The van der Waals surface area contributed by atoms with Gasteiger partial charge in [0.15, 0.2) is 5.78 Å². The van der Waals surface area contributed by atoms with Gasteiger partial charge in [-0.1, -0.05) is 26.3 Å². The van der Waals surface area contributed by atoms with E-state index in [0.717, 1.165) is 5.57 Å². The van der Waals surface area contributed by atoms with E-state index < -0.39 is 0 Å². The van der Waals surface area contributed by atoms with Gasteiger partial charge in [-0.15, -0.1) is 0 Å². The Morgan fingerprint density at radius 1 is 1.45 bits per heavy atom. The fraction of sp³-hybridized carbons (Fsp3) is 0.700. The van der Waals surface area contributed by atoms with Crippen LogP contribution in [-0.4, -0.2) is 5.78 Å². The molecule has 0 saturated heterocycles. The van der Waals surface area contributed by atoms with Crippen molar-refractivity contribution in [2.24, 2.45) is 5.92 Å². The molecular weight excluding hydrogens is 136 g/mol. The minimum Gasteiger partial charge on any atom is -0.295 e. The number of hydrogen-bond donors (Lipinski definition) is 0. The molecule has 1 heteroatoms. The second-order valence-corrected chi connectivity index (χ2v) is 3.17. The van der Waals surface area contributed by atoms with Crippen LogP contribution in [-0.2, 0) is 4.79 Å². The molecule has 0 aliphatic rings. The molecule has 0 amide bonds. The Morgan fingerprint density at radius 2 is 2.00 bits per heavy atom. The standard InChI is InChI=1S/C10H18O/c1-5-6-8(2)7-9(3)10(4)11/h7-8H,5-6H2,1-4H3/b9-7-. The molecule has 0 saturated carbocycles. The number of ketones is 1. The number of carbonyl (C=O) groups is 1. The Morgan fingerprint density at radius 3 is 2.36 bits per heavy atom. The molecule has 0 aromatic carbocycles. The molecule has 0 heterocycles. The number of Topliss-reactive ketones (excluding diaryl/α,β-unsaturated/α-hetero) is 1. The fourth-order valence-corrected chi connectivity index (χ4v) is 1.08. The number of hydrogen-bond acceptors (Lipinski definition) is 1. The van der Waals surface area contributed by atoms with Gasteiger partial charge in [0, 0.05) is 0 Å². The van der Waals surface area contributed by atoms with Crippen molar-refractivity contribution in [3.63, 3.8) is 0 Å². The zero-order valence-electron chi connectivity index (χ0n) is 7.98. The van der Waals surface area contributed by atoms with E-state index in [-0.39, 0.29) is 5.78 Å². The summed E-state index contributed by atoms with van der Waals surface area (Å²) in [6.45, 7) is 7.81. The summed E-state index contributed by atoms with van der Waals surface area (Å²) >= 11 is 0. The minimum absolute atomic E-state index is 0.188. The predicted octanol–water partition coefficient (Wildman–Crippen LogP) is 2.96. The van der Waals surface area contributed by atoms with E-state index in [9.17, 15) is 4.79 Å². The van der Waals surface area contributed by atoms with Crippen LogP contribution in [0.3, 0.4) is 0 Å². The Balaban J connectivity index is 3.96. The highest BCUT2D eigenvalue weighted by atomic mass is 16.1. The number of rotatable bonds is 4. The second-order valence-electron chi connectivity index (χ2n) is 3.17. The lowest BCUT2D eigenvalue weighted by atomic mass is 10.0. The quantitative estimate of drug-likeness (QED) is 0.569. The third-order valence-corrected chi connectivity index (χ3v) is 1.83. The van der Waals surface area contributed by atoms with Gasteiger partial charge in [-0.05, 0) is 31.8 Å². The van der Waals surface area contributed by atoms with Gasteiger partial charge < -0.3 is 0 Å². The van der Waals surface area contributed by atoms with Gasteiger partial charge in [0.2, 0.25) is 0 Å². The number of carbonyl (C=O) groups excluding carboxylic acids is 1. The van der Waals surface area contributed by atoms with Crippen molar-refractivity contribution >= 4 is 5.78 Å². The van der Waals surface area contributed by atoms with Crippen molar-refractivity contribution in [3.8, 4) is 0 Å². The van der Waals surface area contributed by atoms with E-state index >= 15 is 0 Å². The van der Waals surface area contributed by atoms with Crippen molar-refractivity contribution in [2.45, 2.75) is 40.5 Å². The maximum atomic E-state index is 10.8. The van der Waals surface area contributed by atoms with Crippen LogP contribution in [0.25, 0.3) is 0 Å². The minimum atomic E-state index is 0.188. The first-order valence-corrected chi connectivity index (χ1v) is 4.27. The van der Waals surface area contributed by atoms with Gasteiger partial charge in [-0.2, -0.15) is 0 Å². The Hall–Kier alpha value is -0.590. The summed E-state index contributed by atoms with van der Waals surface area (Å²) in [7, 11) is 0. The van der Waals surface area contributed by atoms with Crippen LogP contribution in [0.4, 0.5) is 0 Å². The van der Waals surface area contributed by atoms with Gasteiger partial charge >= 0.3 is 0 Å². The highest BCUT2D eigenvalue weighted by molar-refractivity contribution is 5.92. The molecule has 0 aliphatic carbocycles. The van der Waals surface area contributed by atoms with Gasteiger partial charge in [-0.3, -0.25) is 4.79 Å². The smallest absolute Gasteiger partial charge is 0.155 e. The molecule has 0 bridgehead atoms. The first-order valence-electron chi connectivity index (χ1n) is 4.27. The molecule has 64 valence electrons. The predicted molar refractivity (Wildman–Crippen MR) is 48.5 cm³/mol. The lowest BCUT2D eigenvalue weighted by Gasteiger charge is -2.04. The maximum absolute atomic E-state index is 10.8. The molecule has 0 rings (SSSR count). The lowest BCUT2D eigenvalue weighted by molar-refractivity contribution is -0.113. The topological polar surface area (TPSA) is 17.1 Å². The fourth-order valence-electron chi connectivity index (χ4n) is 1.08. The summed E-state index contributed by atoms with van der Waals surface area (Å²) in [5, 5.41) is 0. The largest absolute Gasteiger partial charge is 0.295 e. The zero-order chi connectivity index (χ0) is 8.85. The van der Waals surface area contributed by atoms with Gasteiger partial charge in [-0.25, -0.2) is 0 Å². The molecule has 1 unspecified atom stereocenters. The molecule has 0 aliphatic heterocycles. The van der Waals surface area contributed by atoms with E-state index in [1.165, 1.54) is 12.8 Å². The molecule has 0 aromatic rings. The van der Waals surface area contributed by atoms with Crippen molar-refractivity contribution in [2.75, 3.05) is 0 Å². The van der Waals surface area contributed by atoms with E-state index in [2.05, 4.69) is 19.9 Å². The molecule has 0 N–H and O–H groups in total. The summed E-state index contributed by atoms with van der Waals surface area (Å²) in [6.07, 6.45) is 4.42. The highest BCUT2D eigenvalue weighted by Gasteiger charge is 1.99. The zero-order valence-corrected chi connectivity index (χ0v) is 7.98. The first-order chi connectivity index (χ1) is 5.07. The molecule has 0 spiro atoms. The summed E-state index contributed by atoms with van der Waals surface area (Å²) in [4.78, 5) is 10.8. The molecular formula is C10H18O. The van der Waals surface area contributed by atoms with E-state index in [4.69, 9.17) is 0 Å². The Labute approximate surface area is 69.5 Å². The van der Waals surface area contributed by atoms with Crippen molar-refractivity contribution in [1.29, 1.82) is 0 Å². The lowest BCUT2D eigenvalue weighted by Crippen LogP contribution is -1.96. The number of allylic oxidation sites excluding steroid dienone is 2. The van der Waals surface area contributed by atoms with E-state index in [0.29, 0.717) is 5.92 Å². The van der Waals surface area contributed by atoms with Crippen LogP contribution in [0.5, 0.6) is 0 Å². The first kappa shape index (κ1) is 10.4. The van der Waals surface area contributed by atoms with Crippen LogP contribution in [0.15, 0.2) is 11.6 Å². The van der Waals surface area contributed by atoms with Crippen LogP contribution in [0, 0.1) is 5.92 Å². The average Bonchev–Trinajstić information content (AvgIpc) is 1.87. The van der Waals surface area contributed by atoms with Gasteiger partial charge in [0.25, 0.3) is 0 Å². The third-order valence-electron chi connectivity index (χ3n) is 1.83. The molecule has 1 nitrogen and oxygen atoms in total. The van der Waals surface area contributed by atoms with E-state index in [1.54, 1.807) is 6.92 Å². The van der Waals surface area contributed by atoms with Gasteiger partial charge in [0.1, 0.15) is 0 Å². The molecule has 1 atom stereocenters. The van der Waals surface area contributed by atoms with Gasteiger partial charge in [0.05, 0.1) is 0 Å². The van der Waals surface area contributed by atoms with Crippen molar-refractivity contribution in [3.05, 3.63) is 11.6 Å².